The minimum Gasteiger partial charge on any atom is -0.378 e. The second kappa shape index (κ2) is 22.1. The van der Waals surface area contributed by atoms with Crippen LogP contribution in [0.2, 0.25) is 0 Å². The van der Waals surface area contributed by atoms with E-state index in [2.05, 4.69) is 80.5 Å². The van der Waals surface area contributed by atoms with E-state index in [0.29, 0.717) is 13.2 Å². The monoisotopic (exact) mass is 1050 g/mol. The molecule has 7 aliphatic heterocycles. The molecular weight excluding hydrogens is 986 g/mol. The zero-order valence-electron chi connectivity index (χ0n) is 38.4. The highest BCUT2D eigenvalue weighted by Gasteiger charge is 2.30. The Morgan fingerprint density at radius 1 is 0.530 bits per heavy atom. The van der Waals surface area contributed by atoms with Crippen LogP contribution >= 0.6 is 46.7 Å². The van der Waals surface area contributed by atoms with Gasteiger partial charge in [-0.15, -0.1) is 46.7 Å². The van der Waals surface area contributed by atoms with Gasteiger partial charge >= 0.3 is 0 Å². The summed E-state index contributed by atoms with van der Waals surface area (Å²) in [5, 5.41) is 1.39. The lowest BCUT2D eigenvalue weighted by atomic mass is 10.0. The third kappa shape index (κ3) is 10.2. The van der Waals surface area contributed by atoms with E-state index in [-0.39, 0.29) is 29.4 Å². The summed E-state index contributed by atoms with van der Waals surface area (Å²) in [5.41, 5.74) is 11.2. The standard InChI is InChI=1S/C27H35N4O3S.C23H27N3O3S.HI/c1-2-3-20-18-23-27(26(31-10-16-34-17-11-31)25(20)30-8-14-33-15-9-30)35-24-19-21(4-5-22(24)28-23)29-6-12-32-13-7-29;1-2-3-16-14-19-23(21(22(16)27)26-8-12-29-13-9-26)30-20-15-17(4-5-18(20)24-19)25-6-10-28-11-7-25;/h4-5,18-19H,2-3,6-17H2,1H3;4-5,14-15H,2-3,6-13H2,1H3;1H/q+1;;. The summed E-state index contributed by atoms with van der Waals surface area (Å²) >= 11 is 3.58. The van der Waals surface area contributed by atoms with Crippen LogP contribution in [-0.2, 0) is 36.5 Å². The van der Waals surface area contributed by atoms with Crippen LogP contribution < -0.4 is 35.0 Å². The van der Waals surface area contributed by atoms with Crippen LogP contribution in [0.5, 0.6) is 0 Å². The number of halogens is 1. The first kappa shape index (κ1) is 47.3. The van der Waals surface area contributed by atoms with E-state index in [1.165, 1.54) is 37.6 Å². The van der Waals surface area contributed by atoms with Gasteiger partial charge in [-0.1, -0.05) is 26.7 Å². The Morgan fingerprint density at radius 3 is 1.42 bits per heavy atom. The predicted octanol–water partition coefficient (Wildman–Crippen LogP) is 6.83. The Hall–Kier alpha value is -3.75. The van der Waals surface area contributed by atoms with Crippen molar-refractivity contribution in [3.8, 4) is 21.1 Å². The number of rotatable bonds is 8. The fourth-order valence-corrected chi connectivity index (χ4v) is 12.1. The molecule has 0 radical (unpaired) electrons. The molecule has 352 valence electrons. The van der Waals surface area contributed by atoms with Crippen molar-refractivity contribution in [3.05, 3.63) is 75.2 Å². The number of aromatic nitrogens is 2. The molecule has 0 aromatic heterocycles. The lowest BCUT2D eigenvalue weighted by Gasteiger charge is -2.31. The van der Waals surface area contributed by atoms with Crippen molar-refractivity contribution >= 4 is 89.8 Å². The summed E-state index contributed by atoms with van der Waals surface area (Å²) < 4.78 is 33.0. The number of benzene rings is 4. The van der Waals surface area contributed by atoms with Crippen molar-refractivity contribution in [2.45, 2.75) is 39.5 Å². The number of anilines is 4. The van der Waals surface area contributed by atoms with Gasteiger partial charge in [0.15, 0.2) is 13.1 Å². The summed E-state index contributed by atoms with van der Waals surface area (Å²) in [5.74, 6) is 0. The van der Waals surface area contributed by atoms with Gasteiger partial charge in [-0.2, -0.15) is 0 Å². The van der Waals surface area contributed by atoms with Crippen molar-refractivity contribution < 1.29 is 23.7 Å². The number of morpholine rings is 5. The first-order chi connectivity index (χ1) is 32.1. The normalized spacial score (nSPS) is 18.5. The van der Waals surface area contributed by atoms with Crippen LogP contribution in [0, 0.1) is 0 Å². The van der Waals surface area contributed by atoms with Gasteiger partial charge in [0, 0.05) is 74.9 Å². The molecule has 0 atom stereocenters. The van der Waals surface area contributed by atoms with E-state index in [0.717, 1.165) is 187 Å². The summed E-state index contributed by atoms with van der Waals surface area (Å²) in [4.78, 5) is 35.4. The molecule has 0 spiro atoms. The quantitative estimate of drug-likeness (QED) is 0.0907. The molecule has 0 saturated carbocycles. The van der Waals surface area contributed by atoms with Crippen molar-refractivity contribution in [1.29, 1.82) is 0 Å². The minimum atomic E-state index is 0. The summed E-state index contributed by atoms with van der Waals surface area (Å²) in [6.45, 7) is 20.8. The van der Waals surface area contributed by atoms with E-state index < -0.39 is 0 Å². The SMILES string of the molecule is CCCc1cc2nc3ccc(N4CCOCC4)cc3sc-2c(N2CCOCC2)c1=O.CCCc1cc2nc3ccc(N4CCOCC4)cc3sc-2c(N2CCOCC2)c1=[N+]1CCOCC1.I. The zero-order valence-corrected chi connectivity index (χ0v) is 42.4. The largest absolute Gasteiger partial charge is 0.378 e. The molecule has 5 fully saturated rings. The van der Waals surface area contributed by atoms with Gasteiger partial charge in [0.2, 0.25) is 10.8 Å². The molecule has 11 rings (SSSR count). The maximum absolute atomic E-state index is 13.4. The molecule has 0 N–H and O–H groups in total. The van der Waals surface area contributed by atoms with Crippen molar-refractivity contribution in [2.75, 3.05) is 151 Å². The first-order valence-corrected chi connectivity index (χ1v) is 25.5. The van der Waals surface area contributed by atoms with Crippen LogP contribution in [0.1, 0.15) is 37.8 Å². The smallest absolute Gasteiger partial charge is 0.228 e. The van der Waals surface area contributed by atoms with Gasteiger partial charge in [-0.05, 0) is 61.4 Å². The van der Waals surface area contributed by atoms with Gasteiger partial charge in [0.05, 0.1) is 94.4 Å². The minimum absolute atomic E-state index is 0. The number of ether oxygens (including phenoxy) is 5. The van der Waals surface area contributed by atoms with Crippen molar-refractivity contribution in [2.24, 2.45) is 0 Å². The molecule has 0 amide bonds. The number of aryl methyl sites for hydroxylation is 2. The predicted molar refractivity (Wildman–Crippen MR) is 280 cm³/mol. The Labute approximate surface area is 412 Å². The molecular formula is C50H63IN7O6S2+. The topological polar surface area (TPSA) is 105 Å². The highest BCUT2D eigenvalue weighted by molar-refractivity contribution is 14.0. The Kier molecular flexibility index (Phi) is 15.9. The molecule has 9 aliphatic rings. The van der Waals surface area contributed by atoms with Crippen LogP contribution in [0.25, 0.3) is 41.6 Å². The van der Waals surface area contributed by atoms with Gasteiger partial charge in [0.1, 0.15) is 24.6 Å². The lowest BCUT2D eigenvalue weighted by Crippen LogP contribution is -2.46. The summed E-state index contributed by atoms with van der Waals surface area (Å²) in [6.07, 6.45) is 3.90. The molecule has 2 aromatic rings. The number of fused-ring (bicyclic) bond motifs is 4. The highest BCUT2D eigenvalue weighted by Crippen LogP contribution is 2.40. The zero-order chi connectivity index (χ0) is 44.1. The molecule has 0 unspecified atom stereocenters. The highest BCUT2D eigenvalue weighted by atomic mass is 127. The molecule has 2 aromatic carbocycles. The number of hydrogen-bond donors (Lipinski definition) is 0. The van der Waals surface area contributed by atoms with Crippen LogP contribution in [-0.4, -0.2) is 141 Å². The van der Waals surface area contributed by atoms with E-state index in [1.807, 2.05) is 17.4 Å². The number of hydrogen-bond acceptors (Lipinski definition) is 14. The third-order valence-corrected chi connectivity index (χ3v) is 15.4. The van der Waals surface area contributed by atoms with E-state index >= 15 is 0 Å². The van der Waals surface area contributed by atoms with E-state index in [1.54, 1.807) is 11.3 Å². The van der Waals surface area contributed by atoms with Crippen LogP contribution in [0.3, 0.4) is 0 Å². The second-order valence-corrected chi connectivity index (χ2v) is 19.5. The number of nitrogens with zero attached hydrogens (tertiary/aromatic N) is 7. The summed E-state index contributed by atoms with van der Waals surface area (Å²) in [7, 11) is 0. The fraction of sp³-hybridized carbons (Fsp3) is 0.520. The molecule has 16 heteroatoms. The van der Waals surface area contributed by atoms with Gasteiger partial charge in [-0.25, -0.2) is 14.5 Å². The fourth-order valence-electron chi connectivity index (χ4n) is 9.80. The average Bonchev–Trinajstić information content (AvgIpc) is 3.36. The van der Waals surface area contributed by atoms with Crippen LogP contribution in [0.4, 0.5) is 22.7 Å². The maximum atomic E-state index is 13.4. The van der Waals surface area contributed by atoms with Crippen LogP contribution in [0.15, 0.2) is 53.3 Å². The summed E-state index contributed by atoms with van der Waals surface area (Å²) in [6, 6.07) is 17.6. The van der Waals surface area contributed by atoms with Gasteiger partial charge < -0.3 is 43.3 Å². The Bertz CT molecular complexity index is 2670. The average molecular weight is 1050 g/mol. The van der Waals surface area contributed by atoms with Crippen molar-refractivity contribution in [3.63, 3.8) is 0 Å². The first-order valence-electron chi connectivity index (χ1n) is 23.8. The molecule has 66 heavy (non-hydrogen) atoms. The molecule has 0 bridgehead atoms. The molecule has 2 aliphatic carbocycles. The maximum Gasteiger partial charge on any atom is 0.228 e. The van der Waals surface area contributed by atoms with Gasteiger partial charge in [-0.3, -0.25) is 4.79 Å². The molecule has 13 nitrogen and oxygen atoms in total. The third-order valence-electron chi connectivity index (χ3n) is 13.1. The molecule has 5 saturated heterocycles. The second-order valence-electron chi connectivity index (χ2n) is 17.4. The van der Waals surface area contributed by atoms with E-state index in [9.17, 15) is 4.79 Å². The molecule has 7 heterocycles. The Morgan fingerprint density at radius 2 is 0.939 bits per heavy atom. The van der Waals surface area contributed by atoms with Gasteiger partial charge in [0.25, 0.3) is 0 Å². The lowest BCUT2D eigenvalue weighted by molar-refractivity contribution is 0.0962. The van der Waals surface area contributed by atoms with Crippen molar-refractivity contribution in [1.82, 2.24) is 14.5 Å². The van der Waals surface area contributed by atoms with E-state index in [4.69, 9.17) is 33.7 Å². The Balaban J connectivity index is 0.000000165.